The Labute approximate surface area is 147 Å². The average Bonchev–Trinajstić information content (AvgIpc) is 3.07. The van der Waals surface area contributed by atoms with Gasteiger partial charge in [-0.3, -0.25) is 4.79 Å². The molecule has 2 N–H and O–H groups in total. The smallest absolute Gasteiger partial charge is 0.242 e. The lowest BCUT2D eigenvalue weighted by molar-refractivity contribution is -0.121. The first-order chi connectivity index (χ1) is 12.1. The molecule has 0 aliphatic carbocycles. The van der Waals surface area contributed by atoms with Gasteiger partial charge in [-0.15, -0.1) is 0 Å². The second-order valence-electron chi connectivity index (χ2n) is 5.98. The van der Waals surface area contributed by atoms with Gasteiger partial charge < -0.3 is 24.8 Å². The Kier molecular flexibility index (Phi) is 4.97. The summed E-state index contributed by atoms with van der Waals surface area (Å²) in [6.07, 6.45) is 0. The molecule has 0 bridgehead atoms. The molecular weight excluding hydrogens is 320 g/mol. The number of hydrogen-bond acceptors (Lipinski definition) is 5. The number of methoxy groups -OCH3 is 1. The zero-order valence-corrected chi connectivity index (χ0v) is 14.6. The van der Waals surface area contributed by atoms with Crippen LogP contribution in [-0.4, -0.2) is 25.9 Å². The molecule has 0 spiro atoms. The molecule has 1 heterocycles. The van der Waals surface area contributed by atoms with Crippen LogP contribution in [0.3, 0.4) is 0 Å². The maximum atomic E-state index is 12.4. The Bertz CT molecular complexity index is 776. The molecule has 6 heteroatoms. The number of nitrogens with one attached hydrogen (secondary N) is 2. The molecule has 1 atom stereocenters. The van der Waals surface area contributed by atoms with Gasteiger partial charge in [0.25, 0.3) is 0 Å². The minimum Gasteiger partial charge on any atom is -0.495 e. The number of ether oxygens (including phenoxy) is 3. The summed E-state index contributed by atoms with van der Waals surface area (Å²) in [5, 5.41) is 6.12. The number of aryl methyl sites for hydroxylation is 1. The molecule has 0 saturated heterocycles. The van der Waals surface area contributed by atoms with E-state index < -0.39 is 6.04 Å². The molecule has 0 aromatic heterocycles. The summed E-state index contributed by atoms with van der Waals surface area (Å²) in [7, 11) is 1.61. The van der Waals surface area contributed by atoms with E-state index in [9.17, 15) is 4.79 Å². The van der Waals surface area contributed by atoms with Crippen molar-refractivity contribution in [3.05, 3.63) is 47.5 Å². The van der Waals surface area contributed by atoms with Crippen LogP contribution in [0.1, 0.15) is 18.1 Å². The monoisotopic (exact) mass is 342 g/mol. The number of anilines is 1. The topological polar surface area (TPSA) is 68.8 Å². The van der Waals surface area contributed by atoms with E-state index in [2.05, 4.69) is 10.6 Å². The summed E-state index contributed by atoms with van der Waals surface area (Å²) in [6.45, 7) is 4.47. The Hall–Kier alpha value is -2.89. The number of fused-ring (bicyclic) bond motifs is 1. The number of hydrogen-bond donors (Lipinski definition) is 2. The molecule has 25 heavy (non-hydrogen) atoms. The highest BCUT2D eigenvalue weighted by Gasteiger charge is 2.16. The van der Waals surface area contributed by atoms with Crippen molar-refractivity contribution in [2.75, 3.05) is 19.2 Å². The van der Waals surface area contributed by atoms with Crippen LogP contribution in [0.25, 0.3) is 0 Å². The van der Waals surface area contributed by atoms with Gasteiger partial charge in [0, 0.05) is 6.54 Å². The third kappa shape index (κ3) is 3.96. The molecular formula is C19H22N2O4. The minimum absolute atomic E-state index is 0.0961. The number of rotatable bonds is 6. The maximum absolute atomic E-state index is 12.4. The average molecular weight is 342 g/mol. The molecule has 6 nitrogen and oxygen atoms in total. The first-order valence-electron chi connectivity index (χ1n) is 8.14. The van der Waals surface area contributed by atoms with Crippen LogP contribution in [0.5, 0.6) is 17.2 Å². The lowest BCUT2D eigenvalue weighted by atomic mass is 10.1. The van der Waals surface area contributed by atoms with Crippen molar-refractivity contribution >= 4 is 11.6 Å². The van der Waals surface area contributed by atoms with Crippen molar-refractivity contribution in [3.8, 4) is 17.2 Å². The highest BCUT2D eigenvalue weighted by molar-refractivity contribution is 5.84. The van der Waals surface area contributed by atoms with Crippen LogP contribution in [0, 0.1) is 6.92 Å². The minimum atomic E-state index is -0.398. The molecule has 0 radical (unpaired) electrons. The Balaban J connectivity index is 1.59. The molecule has 132 valence electrons. The van der Waals surface area contributed by atoms with Crippen LogP contribution in [0.2, 0.25) is 0 Å². The number of benzene rings is 2. The number of amides is 1. The standard InChI is InChI=1S/C19H22N2O4/c1-12-4-6-16(23-3)15(8-12)21-13(2)19(22)20-10-14-5-7-17-18(9-14)25-11-24-17/h4-9,13,21H,10-11H2,1-3H3,(H,20,22)/t13-/m1/s1. The van der Waals surface area contributed by atoms with Crippen molar-refractivity contribution in [2.45, 2.75) is 26.4 Å². The van der Waals surface area contributed by atoms with Gasteiger partial charge in [-0.2, -0.15) is 0 Å². The van der Waals surface area contributed by atoms with Crippen LogP contribution < -0.4 is 24.8 Å². The number of carbonyl (C=O) groups is 1. The quantitative estimate of drug-likeness (QED) is 0.845. The summed E-state index contributed by atoms with van der Waals surface area (Å²) in [6, 6.07) is 11.1. The van der Waals surface area contributed by atoms with Crippen LogP contribution >= 0.6 is 0 Å². The Morgan fingerprint density at radius 3 is 2.80 bits per heavy atom. The molecule has 1 amide bonds. The molecule has 2 aromatic rings. The van der Waals surface area contributed by atoms with Crippen LogP contribution in [-0.2, 0) is 11.3 Å². The summed E-state index contributed by atoms with van der Waals surface area (Å²) in [4.78, 5) is 12.4. The fourth-order valence-corrected chi connectivity index (χ4v) is 2.63. The van der Waals surface area contributed by atoms with Gasteiger partial charge in [0.15, 0.2) is 11.5 Å². The summed E-state index contributed by atoms with van der Waals surface area (Å²) < 4.78 is 16.0. The molecule has 0 saturated carbocycles. The molecule has 0 unspecified atom stereocenters. The van der Waals surface area contributed by atoms with Gasteiger partial charge in [-0.1, -0.05) is 12.1 Å². The van der Waals surface area contributed by atoms with Gasteiger partial charge in [0.05, 0.1) is 12.8 Å². The second kappa shape index (κ2) is 7.34. The highest BCUT2D eigenvalue weighted by Crippen LogP contribution is 2.32. The van der Waals surface area contributed by atoms with E-state index in [1.807, 2.05) is 50.2 Å². The first-order valence-corrected chi connectivity index (χ1v) is 8.14. The lowest BCUT2D eigenvalue weighted by Crippen LogP contribution is -2.37. The van der Waals surface area contributed by atoms with Gasteiger partial charge >= 0.3 is 0 Å². The Morgan fingerprint density at radius 1 is 1.20 bits per heavy atom. The SMILES string of the molecule is COc1ccc(C)cc1N[C@H](C)C(=O)NCc1ccc2c(c1)OCO2. The first kappa shape index (κ1) is 17.0. The van der Waals surface area contributed by atoms with E-state index >= 15 is 0 Å². The van der Waals surface area contributed by atoms with Crippen molar-refractivity contribution in [1.29, 1.82) is 0 Å². The van der Waals surface area contributed by atoms with Gasteiger partial charge in [0.1, 0.15) is 11.8 Å². The van der Waals surface area contributed by atoms with E-state index in [0.717, 1.165) is 22.6 Å². The Morgan fingerprint density at radius 2 is 2.00 bits per heavy atom. The van der Waals surface area contributed by atoms with Crippen molar-refractivity contribution in [1.82, 2.24) is 5.32 Å². The largest absolute Gasteiger partial charge is 0.495 e. The van der Waals surface area contributed by atoms with E-state index in [1.54, 1.807) is 7.11 Å². The third-order valence-electron chi connectivity index (χ3n) is 4.02. The van der Waals surface area contributed by atoms with E-state index in [1.165, 1.54) is 0 Å². The summed E-state index contributed by atoms with van der Waals surface area (Å²) in [5.41, 5.74) is 2.85. The van der Waals surface area contributed by atoms with Crippen molar-refractivity contribution < 1.29 is 19.0 Å². The van der Waals surface area contributed by atoms with Crippen molar-refractivity contribution in [2.24, 2.45) is 0 Å². The lowest BCUT2D eigenvalue weighted by Gasteiger charge is -2.18. The highest BCUT2D eigenvalue weighted by atomic mass is 16.7. The van der Waals surface area contributed by atoms with E-state index in [4.69, 9.17) is 14.2 Å². The molecule has 1 aliphatic rings. The summed E-state index contributed by atoms with van der Waals surface area (Å²) >= 11 is 0. The predicted octanol–water partition coefficient (Wildman–Crippen LogP) is 2.85. The zero-order valence-electron chi connectivity index (χ0n) is 14.6. The second-order valence-corrected chi connectivity index (χ2v) is 5.98. The van der Waals surface area contributed by atoms with Crippen LogP contribution in [0.15, 0.2) is 36.4 Å². The third-order valence-corrected chi connectivity index (χ3v) is 4.02. The maximum Gasteiger partial charge on any atom is 0.242 e. The van der Waals surface area contributed by atoms with Gasteiger partial charge in [-0.25, -0.2) is 0 Å². The molecule has 0 fully saturated rings. The fraction of sp³-hybridized carbons (Fsp3) is 0.316. The normalized spacial score (nSPS) is 13.2. The van der Waals surface area contributed by atoms with Crippen LogP contribution in [0.4, 0.5) is 5.69 Å². The van der Waals surface area contributed by atoms with Gasteiger partial charge in [-0.05, 0) is 49.2 Å². The van der Waals surface area contributed by atoms with E-state index in [-0.39, 0.29) is 12.7 Å². The van der Waals surface area contributed by atoms with E-state index in [0.29, 0.717) is 18.0 Å². The fourth-order valence-electron chi connectivity index (χ4n) is 2.63. The number of carbonyl (C=O) groups excluding carboxylic acids is 1. The van der Waals surface area contributed by atoms with Gasteiger partial charge in [0.2, 0.25) is 12.7 Å². The molecule has 2 aromatic carbocycles. The predicted molar refractivity (Wildman–Crippen MR) is 95.2 cm³/mol. The van der Waals surface area contributed by atoms with Crippen molar-refractivity contribution in [3.63, 3.8) is 0 Å². The molecule has 1 aliphatic heterocycles. The zero-order chi connectivity index (χ0) is 17.8. The summed E-state index contributed by atoms with van der Waals surface area (Å²) in [5.74, 6) is 2.06. The molecule has 3 rings (SSSR count).